The van der Waals surface area contributed by atoms with Crippen LogP contribution in [0.2, 0.25) is 0 Å². The van der Waals surface area contributed by atoms with E-state index in [9.17, 15) is 13.2 Å². The third-order valence-electron chi connectivity index (χ3n) is 3.63. The van der Waals surface area contributed by atoms with E-state index in [1.165, 1.54) is 0 Å². The second-order valence-corrected chi connectivity index (χ2v) is 5.16. The van der Waals surface area contributed by atoms with Gasteiger partial charge in [-0.1, -0.05) is 5.16 Å². The van der Waals surface area contributed by atoms with Crippen molar-refractivity contribution in [1.29, 1.82) is 0 Å². The van der Waals surface area contributed by atoms with Crippen molar-refractivity contribution in [2.24, 2.45) is 5.92 Å². The van der Waals surface area contributed by atoms with Gasteiger partial charge >= 0.3 is 0 Å². The molecule has 1 aliphatic heterocycles. The molecule has 0 aliphatic carbocycles. The number of nitrogens with zero attached hydrogens (tertiary/aromatic N) is 2. The van der Waals surface area contributed by atoms with Crippen LogP contribution in [0.4, 0.5) is 13.2 Å². The highest BCUT2D eigenvalue weighted by Gasteiger charge is 2.19. The van der Waals surface area contributed by atoms with Crippen LogP contribution in [0.3, 0.4) is 0 Å². The molecule has 0 unspecified atom stereocenters. The molecular weight excluding hydrogens is 283 g/mol. The van der Waals surface area contributed by atoms with Crippen molar-refractivity contribution in [2.45, 2.75) is 19.3 Å². The van der Waals surface area contributed by atoms with Gasteiger partial charge in [-0.05, 0) is 44.0 Å². The third-order valence-corrected chi connectivity index (χ3v) is 3.63. The Balaban J connectivity index is 1.78. The van der Waals surface area contributed by atoms with E-state index in [-0.39, 0.29) is 11.4 Å². The summed E-state index contributed by atoms with van der Waals surface area (Å²) >= 11 is 0. The Kier molecular flexibility index (Phi) is 3.92. The van der Waals surface area contributed by atoms with Gasteiger partial charge in [0.25, 0.3) is 0 Å². The van der Waals surface area contributed by atoms with Crippen LogP contribution in [-0.2, 0) is 6.42 Å². The molecule has 0 radical (unpaired) electrons. The van der Waals surface area contributed by atoms with Crippen molar-refractivity contribution in [2.75, 3.05) is 13.1 Å². The van der Waals surface area contributed by atoms with Crippen molar-refractivity contribution >= 4 is 0 Å². The van der Waals surface area contributed by atoms with Gasteiger partial charge in [-0.15, -0.1) is 0 Å². The summed E-state index contributed by atoms with van der Waals surface area (Å²) in [6, 6.07) is 1.72. The minimum absolute atomic E-state index is 0.0618. The normalized spacial score (nSPS) is 16.3. The summed E-state index contributed by atoms with van der Waals surface area (Å²) < 4.78 is 44.4. The summed E-state index contributed by atoms with van der Waals surface area (Å²) in [4.78, 5) is 4.13. The summed E-state index contributed by atoms with van der Waals surface area (Å²) in [6.45, 7) is 1.92. The Hall–Kier alpha value is -1.89. The second kappa shape index (κ2) is 5.85. The van der Waals surface area contributed by atoms with Gasteiger partial charge < -0.3 is 9.84 Å². The Labute approximate surface area is 119 Å². The fourth-order valence-electron chi connectivity index (χ4n) is 2.47. The predicted octanol–water partition coefficient (Wildman–Crippen LogP) is 2.70. The molecule has 7 heteroatoms. The molecule has 1 fully saturated rings. The van der Waals surface area contributed by atoms with E-state index >= 15 is 0 Å². The fraction of sp³-hybridized carbons (Fsp3) is 0.429. The molecule has 0 amide bonds. The largest absolute Gasteiger partial charge is 0.339 e. The number of benzene rings is 1. The van der Waals surface area contributed by atoms with Crippen molar-refractivity contribution in [1.82, 2.24) is 15.5 Å². The maximum Gasteiger partial charge on any atom is 0.227 e. The van der Waals surface area contributed by atoms with Crippen LogP contribution in [0, 0.1) is 23.4 Å². The monoisotopic (exact) mass is 297 g/mol. The van der Waals surface area contributed by atoms with Crippen LogP contribution in [0.1, 0.15) is 18.7 Å². The number of hydrogen-bond acceptors (Lipinski definition) is 4. The van der Waals surface area contributed by atoms with Gasteiger partial charge in [-0.3, -0.25) is 0 Å². The van der Waals surface area contributed by atoms with Gasteiger partial charge in [-0.25, -0.2) is 13.2 Å². The molecular formula is C14H14F3N3O. The van der Waals surface area contributed by atoms with Crippen LogP contribution >= 0.6 is 0 Å². The molecule has 1 aromatic heterocycles. The molecule has 1 aliphatic rings. The molecule has 4 nitrogen and oxygen atoms in total. The zero-order valence-electron chi connectivity index (χ0n) is 11.2. The molecule has 0 atom stereocenters. The van der Waals surface area contributed by atoms with E-state index in [0.717, 1.165) is 38.1 Å². The minimum atomic E-state index is -1.50. The Morgan fingerprint density at radius 3 is 2.48 bits per heavy atom. The van der Waals surface area contributed by atoms with Crippen molar-refractivity contribution in [3.05, 3.63) is 35.5 Å². The molecule has 2 heterocycles. The van der Waals surface area contributed by atoms with E-state index in [4.69, 9.17) is 4.52 Å². The topological polar surface area (TPSA) is 51.0 Å². The molecule has 3 rings (SSSR count). The maximum absolute atomic E-state index is 13.2. The summed E-state index contributed by atoms with van der Waals surface area (Å²) in [5.41, 5.74) is 0.0618. The lowest BCUT2D eigenvalue weighted by Crippen LogP contribution is -2.28. The second-order valence-electron chi connectivity index (χ2n) is 5.16. The van der Waals surface area contributed by atoms with Crippen LogP contribution in [0.25, 0.3) is 11.4 Å². The van der Waals surface area contributed by atoms with Gasteiger partial charge in [0, 0.05) is 12.0 Å². The average Bonchev–Trinajstić information content (AvgIpc) is 2.94. The van der Waals surface area contributed by atoms with Gasteiger partial charge in [0.05, 0.1) is 0 Å². The molecule has 1 aromatic carbocycles. The number of hydrogen-bond donors (Lipinski definition) is 1. The summed E-state index contributed by atoms with van der Waals surface area (Å²) in [7, 11) is 0. The Morgan fingerprint density at radius 1 is 1.14 bits per heavy atom. The first-order valence-corrected chi connectivity index (χ1v) is 6.81. The maximum atomic E-state index is 13.2. The van der Waals surface area contributed by atoms with Gasteiger partial charge in [0.1, 0.15) is 0 Å². The first-order valence-electron chi connectivity index (χ1n) is 6.81. The van der Waals surface area contributed by atoms with E-state index in [2.05, 4.69) is 15.5 Å². The number of nitrogens with one attached hydrogen (secondary N) is 1. The predicted molar refractivity (Wildman–Crippen MR) is 68.9 cm³/mol. The van der Waals surface area contributed by atoms with Gasteiger partial charge in [0.2, 0.25) is 11.7 Å². The smallest absolute Gasteiger partial charge is 0.227 e. The summed E-state index contributed by atoms with van der Waals surface area (Å²) in [5, 5.41) is 6.97. The Bertz CT molecular complexity index is 615. The zero-order chi connectivity index (χ0) is 14.8. The fourth-order valence-corrected chi connectivity index (χ4v) is 2.47. The number of rotatable bonds is 3. The molecule has 2 aromatic rings. The highest BCUT2D eigenvalue weighted by molar-refractivity contribution is 5.54. The first-order chi connectivity index (χ1) is 10.1. The standard InChI is InChI=1S/C14H14F3N3O/c15-10-6-9(7-11(16)13(10)17)14-19-12(21-20-14)5-8-1-3-18-4-2-8/h6-8,18H,1-5H2. The molecule has 1 N–H and O–H groups in total. The van der Waals surface area contributed by atoms with E-state index in [1.807, 2.05) is 0 Å². The quantitative estimate of drug-likeness (QED) is 0.885. The average molecular weight is 297 g/mol. The molecule has 21 heavy (non-hydrogen) atoms. The van der Waals surface area contributed by atoms with Crippen molar-refractivity contribution < 1.29 is 17.7 Å². The molecule has 112 valence electrons. The van der Waals surface area contributed by atoms with Crippen LogP contribution in [0.15, 0.2) is 16.7 Å². The zero-order valence-corrected chi connectivity index (χ0v) is 11.2. The minimum Gasteiger partial charge on any atom is -0.339 e. The summed E-state index contributed by atoms with van der Waals surface area (Å²) in [5.74, 6) is -3.08. The molecule has 0 bridgehead atoms. The number of aromatic nitrogens is 2. The van der Waals surface area contributed by atoms with Crippen LogP contribution < -0.4 is 5.32 Å². The molecule has 0 saturated carbocycles. The van der Waals surface area contributed by atoms with Crippen molar-refractivity contribution in [3.63, 3.8) is 0 Å². The third kappa shape index (κ3) is 3.07. The van der Waals surface area contributed by atoms with E-state index < -0.39 is 17.5 Å². The van der Waals surface area contributed by atoms with E-state index in [1.54, 1.807) is 0 Å². The highest BCUT2D eigenvalue weighted by Crippen LogP contribution is 2.23. The SMILES string of the molecule is Fc1cc(-c2noc(CC3CCNCC3)n2)cc(F)c1F. The summed E-state index contributed by atoms with van der Waals surface area (Å²) in [6.07, 6.45) is 2.69. The molecule has 0 spiro atoms. The van der Waals surface area contributed by atoms with Gasteiger partial charge in [0.15, 0.2) is 17.5 Å². The lowest BCUT2D eigenvalue weighted by atomic mass is 9.95. The Morgan fingerprint density at radius 2 is 1.81 bits per heavy atom. The van der Waals surface area contributed by atoms with E-state index in [0.29, 0.717) is 18.2 Å². The highest BCUT2D eigenvalue weighted by atomic mass is 19.2. The van der Waals surface area contributed by atoms with Crippen molar-refractivity contribution in [3.8, 4) is 11.4 Å². The van der Waals surface area contributed by atoms with Gasteiger partial charge in [-0.2, -0.15) is 4.98 Å². The molecule has 1 saturated heterocycles. The lowest BCUT2D eigenvalue weighted by molar-refractivity contribution is 0.313. The number of halogens is 3. The van der Waals surface area contributed by atoms with Crippen LogP contribution in [0.5, 0.6) is 0 Å². The number of piperidine rings is 1. The first kappa shape index (κ1) is 14.1. The van der Waals surface area contributed by atoms with Crippen LogP contribution in [-0.4, -0.2) is 23.2 Å². The lowest BCUT2D eigenvalue weighted by Gasteiger charge is -2.20.